The summed E-state index contributed by atoms with van der Waals surface area (Å²) < 4.78 is 4.98. The largest absolute Gasteiger partial charge is 0.361 e. The van der Waals surface area contributed by atoms with Gasteiger partial charge >= 0.3 is 0 Å². The molecule has 0 saturated heterocycles. The predicted octanol–water partition coefficient (Wildman–Crippen LogP) is 2.15. The first-order valence-corrected chi connectivity index (χ1v) is 7.47. The highest BCUT2D eigenvalue weighted by Crippen LogP contribution is 2.11. The van der Waals surface area contributed by atoms with Gasteiger partial charge in [-0.05, 0) is 39.8 Å². The average molecular weight is 315 g/mol. The number of aryl methyl sites for hydroxylation is 3. The molecule has 6 nitrogen and oxygen atoms in total. The molecule has 2 amide bonds. The van der Waals surface area contributed by atoms with Crippen molar-refractivity contribution in [2.45, 2.75) is 33.7 Å². The third-order valence-corrected chi connectivity index (χ3v) is 3.49. The summed E-state index contributed by atoms with van der Waals surface area (Å²) in [5, 5.41) is 9.40. The molecule has 2 rings (SSSR count). The van der Waals surface area contributed by atoms with E-state index < -0.39 is 0 Å². The van der Waals surface area contributed by atoms with E-state index in [1.54, 1.807) is 19.9 Å². The quantitative estimate of drug-likeness (QED) is 0.885. The van der Waals surface area contributed by atoms with Gasteiger partial charge in [-0.1, -0.05) is 22.9 Å². The highest BCUT2D eigenvalue weighted by Gasteiger charge is 2.19. The van der Waals surface area contributed by atoms with Crippen LogP contribution in [0.3, 0.4) is 0 Å². The molecule has 1 heterocycles. The maximum atomic E-state index is 12.2. The van der Waals surface area contributed by atoms with Crippen LogP contribution in [0, 0.1) is 20.8 Å². The summed E-state index contributed by atoms with van der Waals surface area (Å²) in [6, 6.07) is 7.14. The van der Waals surface area contributed by atoms with Crippen LogP contribution in [0.2, 0.25) is 0 Å². The van der Waals surface area contributed by atoms with E-state index in [0.29, 0.717) is 29.1 Å². The van der Waals surface area contributed by atoms with Gasteiger partial charge in [-0.15, -0.1) is 0 Å². The molecule has 0 saturated carbocycles. The Morgan fingerprint density at radius 3 is 2.57 bits per heavy atom. The lowest BCUT2D eigenvalue weighted by molar-refractivity contribution is 0.0911. The van der Waals surface area contributed by atoms with Crippen molar-refractivity contribution in [3.05, 3.63) is 52.4 Å². The van der Waals surface area contributed by atoms with Crippen molar-refractivity contribution in [2.75, 3.05) is 6.54 Å². The van der Waals surface area contributed by atoms with Crippen LogP contribution in [0.1, 0.15) is 44.7 Å². The Bertz CT molecular complexity index is 702. The molecule has 0 bridgehead atoms. The summed E-state index contributed by atoms with van der Waals surface area (Å²) in [6.45, 7) is 7.51. The molecule has 0 aliphatic heterocycles. The molecule has 1 aromatic carbocycles. The second-order valence-electron chi connectivity index (χ2n) is 5.65. The summed E-state index contributed by atoms with van der Waals surface area (Å²) >= 11 is 0. The lowest BCUT2D eigenvalue weighted by Gasteiger charge is -2.15. The number of carbonyl (C=O) groups is 2. The number of benzene rings is 1. The van der Waals surface area contributed by atoms with Crippen LogP contribution in [-0.2, 0) is 0 Å². The standard InChI is InChI=1S/C17H21N3O3/c1-10-6-5-7-14(8-10)16(21)18-9-11(2)19-17(22)15-12(3)20-23-13(15)4/h5-8,11H,9H2,1-4H3,(H,18,21)(H,19,22). The van der Waals surface area contributed by atoms with Gasteiger partial charge in [0.25, 0.3) is 11.8 Å². The van der Waals surface area contributed by atoms with Crippen molar-refractivity contribution in [3.63, 3.8) is 0 Å². The smallest absolute Gasteiger partial charge is 0.257 e. The van der Waals surface area contributed by atoms with Gasteiger partial charge < -0.3 is 15.2 Å². The molecule has 0 aliphatic carbocycles. The summed E-state index contributed by atoms with van der Waals surface area (Å²) in [7, 11) is 0. The molecule has 0 radical (unpaired) electrons. The Morgan fingerprint density at radius 2 is 1.96 bits per heavy atom. The highest BCUT2D eigenvalue weighted by atomic mass is 16.5. The Kier molecular flexibility index (Phi) is 5.16. The SMILES string of the molecule is Cc1cccc(C(=O)NCC(C)NC(=O)c2c(C)noc2C)c1. The number of nitrogens with one attached hydrogen (secondary N) is 2. The Morgan fingerprint density at radius 1 is 1.22 bits per heavy atom. The monoisotopic (exact) mass is 315 g/mol. The highest BCUT2D eigenvalue weighted by molar-refractivity contribution is 5.96. The minimum absolute atomic E-state index is 0.160. The number of hydrogen-bond acceptors (Lipinski definition) is 4. The van der Waals surface area contributed by atoms with Gasteiger partial charge in [0.05, 0.1) is 5.69 Å². The maximum Gasteiger partial charge on any atom is 0.257 e. The Labute approximate surface area is 135 Å². The first-order valence-electron chi connectivity index (χ1n) is 7.47. The number of rotatable bonds is 5. The first-order chi connectivity index (χ1) is 10.9. The van der Waals surface area contributed by atoms with Crippen LogP contribution in [-0.4, -0.2) is 29.6 Å². The third kappa shape index (κ3) is 4.18. The van der Waals surface area contributed by atoms with Gasteiger partial charge in [-0.2, -0.15) is 0 Å². The summed E-state index contributed by atoms with van der Waals surface area (Å²) in [5.74, 6) is 0.0710. The van der Waals surface area contributed by atoms with E-state index in [-0.39, 0.29) is 17.9 Å². The Balaban J connectivity index is 1.89. The fourth-order valence-electron chi connectivity index (χ4n) is 2.29. The molecule has 6 heteroatoms. The van der Waals surface area contributed by atoms with Crippen LogP contribution < -0.4 is 10.6 Å². The van der Waals surface area contributed by atoms with Gasteiger partial charge in [0.1, 0.15) is 11.3 Å². The van der Waals surface area contributed by atoms with E-state index >= 15 is 0 Å². The van der Waals surface area contributed by atoms with Crippen molar-refractivity contribution >= 4 is 11.8 Å². The van der Waals surface area contributed by atoms with Crippen molar-refractivity contribution in [1.29, 1.82) is 0 Å². The molecule has 1 unspecified atom stereocenters. The van der Waals surface area contributed by atoms with Crippen molar-refractivity contribution in [2.24, 2.45) is 0 Å². The second-order valence-corrected chi connectivity index (χ2v) is 5.65. The topological polar surface area (TPSA) is 84.2 Å². The lowest BCUT2D eigenvalue weighted by atomic mass is 10.1. The number of amides is 2. The first kappa shape index (κ1) is 16.7. The molecule has 1 atom stereocenters. The molecule has 0 aliphatic rings. The van der Waals surface area contributed by atoms with E-state index in [9.17, 15) is 9.59 Å². The van der Waals surface area contributed by atoms with Crippen molar-refractivity contribution in [1.82, 2.24) is 15.8 Å². The van der Waals surface area contributed by atoms with E-state index in [1.165, 1.54) is 0 Å². The zero-order valence-corrected chi connectivity index (χ0v) is 13.8. The van der Waals surface area contributed by atoms with Crippen LogP contribution in [0.15, 0.2) is 28.8 Å². The maximum absolute atomic E-state index is 12.2. The number of hydrogen-bond donors (Lipinski definition) is 2. The molecule has 0 fully saturated rings. The van der Waals surface area contributed by atoms with Gasteiger partial charge in [-0.3, -0.25) is 9.59 Å². The zero-order chi connectivity index (χ0) is 17.0. The van der Waals surface area contributed by atoms with E-state index in [2.05, 4.69) is 15.8 Å². The normalized spacial score (nSPS) is 11.8. The molecule has 23 heavy (non-hydrogen) atoms. The molecule has 122 valence electrons. The molecular formula is C17H21N3O3. The number of carbonyl (C=O) groups excluding carboxylic acids is 2. The van der Waals surface area contributed by atoms with Gasteiger partial charge in [0.15, 0.2) is 0 Å². The summed E-state index contributed by atoms with van der Waals surface area (Å²) in [6.07, 6.45) is 0. The molecule has 0 spiro atoms. The van der Waals surface area contributed by atoms with Gasteiger partial charge in [0.2, 0.25) is 0 Å². The van der Waals surface area contributed by atoms with Crippen LogP contribution in [0.5, 0.6) is 0 Å². The average Bonchev–Trinajstić information content (AvgIpc) is 2.83. The van der Waals surface area contributed by atoms with Crippen LogP contribution in [0.4, 0.5) is 0 Å². The molecule has 2 aromatic rings. The summed E-state index contributed by atoms with van der Waals surface area (Å²) in [4.78, 5) is 24.3. The van der Waals surface area contributed by atoms with Gasteiger partial charge in [-0.25, -0.2) is 0 Å². The minimum atomic E-state index is -0.251. The minimum Gasteiger partial charge on any atom is -0.361 e. The third-order valence-electron chi connectivity index (χ3n) is 3.49. The van der Waals surface area contributed by atoms with Crippen molar-refractivity contribution in [3.8, 4) is 0 Å². The second kappa shape index (κ2) is 7.09. The Hall–Kier alpha value is -2.63. The van der Waals surface area contributed by atoms with E-state index in [4.69, 9.17) is 4.52 Å². The van der Waals surface area contributed by atoms with Gasteiger partial charge in [0, 0.05) is 18.2 Å². The van der Waals surface area contributed by atoms with E-state index in [1.807, 2.05) is 32.0 Å². The number of nitrogens with zero attached hydrogens (tertiary/aromatic N) is 1. The van der Waals surface area contributed by atoms with Crippen molar-refractivity contribution < 1.29 is 14.1 Å². The fourth-order valence-corrected chi connectivity index (χ4v) is 2.29. The molecule has 2 N–H and O–H groups in total. The summed E-state index contributed by atoms with van der Waals surface area (Å²) in [5.41, 5.74) is 2.63. The number of aromatic nitrogens is 1. The van der Waals surface area contributed by atoms with E-state index in [0.717, 1.165) is 5.56 Å². The fraction of sp³-hybridized carbons (Fsp3) is 0.353. The predicted molar refractivity (Wildman–Crippen MR) is 86.4 cm³/mol. The lowest BCUT2D eigenvalue weighted by Crippen LogP contribution is -2.42. The molecule has 1 aromatic heterocycles. The zero-order valence-electron chi connectivity index (χ0n) is 13.8. The van der Waals surface area contributed by atoms with Crippen LogP contribution in [0.25, 0.3) is 0 Å². The molecular weight excluding hydrogens is 294 g/mol. The van der Waals surface area contributed by atoms with Crippen LogP contribution >= 0.6 is 0 Å².